The lowest BCUT2D eigenvalue weighted by Crippen LogP contribution is -2.27. The van der Waals surface area contributed by atoms with Crippen LogP contribution in [-0.4, -0.2) is 26.7 Å². The highest BCUT2D eigenvalue weighted by Gasteiger charge is 2.45. The molecule has 1 fully saturated rings. The van der Waals surface area contributed by atoms with Crippen molar-refractivity contribution in [3.05, 3.63) is 35.7 Å². The van der Waals surface area contributed by atoms with Crippen LogP contribution in [0.1, 0.15) is 47.9 Å². The third-order valence-corrected chi connectivity index (χ3v) is 4.50. The van der Waals surface area contributed by atoms with E-state index in [4.69, 9.17) is 0 Å². The molecule has 1 saturated carbocycles. The maximum Gasteiger partial charge on any atom is 0.217 e. The number of halogens is 3. The fourth-order valence-corrected chi connectivity index (χ4v) is 3.17. The Bertz CT molecular complexity index is 692. The highest BCUT2D eigenvalue weighted by Crippen LogP contribution is 2.45. The molecule has 0 N–H and O–H groups in total. The molecule has 4 atom stereocenters. The van der Waals surface area contributed by atoms with Crippen molar-refractivity contribution < 1.29 is 18.0 Å². The summed E-state index contributed by atoms with van der Waals surface area (Å²) in [6, 6.07) is -0.797. The van der Waals surface area contributed by atoms with Gasteiger partial charge in [-0.25, -0.2) is 22.8 Å². The second kappa shape index (κ2) is 4.79. The number of allylic oxidation sites excluding steroid dienone is 4. The number of fused-ring (bicyclic) bond motifs is 1. The SMILES string of the molecule is O=C(c1nc2n(n1)[C@H](C1C(F)=CC=CC1F)C[C@@H]2F)C1CC1. The van der Waals surface area contributed by atoms with Gasteiger partial charge in [0.05, 0.1) is 12.0 Å². The number of Topliss-reactive ketones (excluding diaryl/α,β-unsaturated/α-hetero) is 1. The summed E-state index contributed by atoms with van der Waals surface area (Å²) >= 11 is 0. The van der Waals surface area contributed by atoms with Crippen molar-refractivity contribution in [2.45, 2.75) is 37.6 Å². The van der Waals surface area contributed by atoms with Gasteiger partial charge in [0.25, 0.3) is 0 Å². The van der Waals surface area contributed by atoms with Crippen molar-refractivity contribution in [2.75, 3.05) is 0 Å². The average molecular weight is 309 g/mol. The van der Waals surface area contributed by atoms with E-state index in [0.717, 1.165) is 12.8 Å². The van der Waals surface area contributed by atoms with Crippen LogP contribution in [0.3, 0.4) is 0 Å². The van der Waals surface area contributed by atoms with Gasteiger partial charge >= 0.3 is 0 Å². The van der Waals surface area contributed by atoms with Gasteiger partial charge in [0.2, 0.25) is 11.6 Å². The summed E-state index contributed by atoms with van der Waals surface area (Å²) in [6.07, 6.45) is 2.25. The number of carbonyl (C=O) groups excluding carboxylic acids is 1. The van der Waals surface area contributed by atoms with Gasteiger partial charge in [-0.15, -0.1) is 5.10 Å². The Labute approximate surface area is 124 Å². The van der Waals surface area contributed by atoms with Crippen molar-refractivity contribution in [3.8, 4) is 0 Å². The zero-order chi connectivity index (χ0) is 15.4. The second-order valence-electron chi connectivity index (χ2n) is 6.05. The molecule has 1 aliphatic heterocycles. The minimum atomic E-state index is -1.54. The first-order chi connectivity index (χ1) is 10.6. The van der Waals surface area contributed by atoms with Gasteiger partial charge in [0.15, 0.2) is 12.0 Å². The number of nitrogens with zero attached hydrogens (tertiary/aromatic N) is 3. The van der Waals surface area contributed by atoms with Gasteiger partial charge in [0.1, 0.15) is 12.0 Å². The Morgan fingerprint density at radius 3 is 2.77 bits per heavy atom. The summed E-state index contributed by atoms with van der Waals surface area (Å²) in [5.74, 6) is -2.06. The highest BCUT2D eigenvalue weighted by molar-refractivity contribution is 5.95. The minimum absolute atomic E-state index is 0.00329. The Morgan fingerprint density at radius 2 is 2.09 bits per heavy atom. The van der Waals surface area contributed by atoms with E-state index in [9.17, 15) is 18.0 Å². The highest BCUT2D eigenvalue weighted by atomic mass is 19.1. The predicted octanol–water partition coefficient (Wildman–Crippen LogP) is 3.20. The Morgan fingerprint density at radius 1 is 1.32 bits per heavy atom. The molecule has 4 rings (SSSR count). The smallest absolute Gasteiger partial charge is 0.217 e. The van der Waals surface area contributed by atoms with E-state index in [2.05, 4.69) is 10.1 Å². The molecule has 0 spiro atoms. The van der Waals surface area contributed by atoms with Crippen molar-refractivity contribution in [3.63, 3.8) is 0 Å². The van der Waals surface area contributed by atoms with Crippen molar-refractivity contribution >= 4 is 5.78 Å². The van der Waals surface area contributed by atoms with Crippen LogP contribution in [-0.2, 0) is 0 Å². The van der Waals surface area contributed by atoms with Gasteiger partial charge in [0, 0.05) is 12.3 Å². The molecule has 7 heteroatoms. The van der Waals surface area contributed by atoms with Crippen molar-refractivity contribution in [1.82, 2.24) is 14.8 Å². The number of ketones is 1. The first-order valence-corrected chi connectivity index (χ1v) is 7.39. The van der Waals surface area contributed by atoms with E-state index in [1.165, 1.54) is 22.9 Å². The molecule has 2 heterocycles. The van der Waals surface area contributed by atoms with E-state index in [0.29, 0.717) is 0 Å². The fourth-order valence-electron chi connectivity index (χ4n) is 3.17. The van der Waals surface area contributed by atoms with Crippen molar-refractivity contribution in [2.24, 2.45) is 11.8 Å². The lowest BCUT2D eigenvalue weighted by atomic mass is 9.88. The summed E-state index contributed by atoms with van der Waals surface area (Å²) < 4.78 is 43.4. The van der Waals surface area contributed by atoms with Gasteiger partial charge in [-0.05, 0) is 25.0 Å². The molecule has 0 amide bonds. The zero-order valence-electron chi connectivity index (χ0n) is 11.6. The molecule has 0 radical (unpaired) electrons. The second-order valence-corrected chi connectivity index (χ2v) is 6.05. The molecule has 1 aromatic rings. The zero-order valence-corrected chi connectivity index (χ0v) is 11.6. The third kappa shape index (κ3) is 2.02. The molecule has 22 heavy (non-hydrogen) atoms. The Kier molecular flexibility index (Phi) is 2.99. The largest absolute Gasteiger partial charge is 0.290 e. The molecule has 116 valence electrons. The van der Waals surface area contributed by atoms with Crippen LogP contribution in [0.2, 0.25) is 0 Å². The van der Waals surface area contributed by atoms with Crippen LogP contribution in [0.4, 0.5) is 13.2 Å². The van der Waals surface area contributed by atoms with Crippen LogP contribution in [0, 0.1) is 11.8 Å². The molecule has 1 aromatic heterocycles. The van der Waals surface area contributed by atoms with Gasteiger partial charge < -0.3 is 0 Å². The van der Waals surface area contributed by atoms with E-state index in [-0.39, 0.29) is 29.8 Å². The van der Waals surface area contributed by atoms with Crippen LogP contribution in [0.5, 0.6) is 0 Å². The predicted molar refractivity (Wildman–Crippen MR) is 71.3 cm³/mol. The lowest BCUT2D eigenvalue weighted by molar-refractivity contribution is 0.0955. The Balaban J connectivity index is 1.69. The van der Waals surface area contributed by atoms with Crippen molar-refractivity contribution in [1.29, 1.82) is 0 Å². The molecular weight excluding hydrogens is 295 g/mol. The van der Waals surface area contributed by atoms with Gasteiger partial charge in [-0.1, -0.05) is 6.08 Å². The number of rotatable bonds is 3. The fraction of sp³-hybridized carbons (Fsp3) is 0.533. The number of carbonyl (C=O) groups is 1. The minimum Gasteiger partial charge on any atom is -0.290 e. The van der Waals surface area contributed by atoms with Gasteiger partial charge in [-0.2, -0.15) is 0 Å². The molecule has 2 aliphatic carbocycles. The van der Waals surface area contributed by atoms with Gasteiger partial charge in [-0.3, -0.25) is 4.79 Å². The molecular formula is C15H14F3N3O. The maximum absolute atomic E-state index is 14.2. The average Bonchev–Trinajstić information content (AvgIpc) is 3.16. The number of hydrogen-bond donors (Lipinski definition) is 0. The lowest BCUT2D eigenvalue weighted by Gasteiger charge is -2.26. The number of alkyl halides is 2. The summed E-state index contributed by atoms with van der Waals surface area (Å²) in [6.45, 7) is 0. The molecule has 0 aromatic carbocycles. The summed E-state index contributed by atoms with van der Waals surface area (Å²) in [5.41, 5.74) is 0. The topological polar surface area (TPSA) is 47.8 Å². The number of aromatic nitrogens is 3. The Hall–Kier alpha value is -1.92. The molecule has 2 unspecified atom stereocenters. The monoisotopic (exact) mass is 309 g/mol. The normalized spacial score (nSPS) is 33.7. The first-order valence-electron chi connectivity index (χ1n) is 7.39. The van der Waals surface area contributed by atoms with E-state index < -0.39 is 30.1 Å². The van der Waals surface area contributed by atoms with E-state index in [1.807, 2.05) is 0 Å². The molecule has 0 saturated heterocycles. The maximum atomic E-state index is 14.2. The first kappa shape index (κ1) is 13.7. The quantitative estimate of drug-likeness (QED) is 0.806. The number of hydrogen-bond acceptors (Lipinski definition) is 3. The van der Waals surface area contributed by atoms with E-state index in [1.54, 1.807) is 0 Å². The van der Waals surface area contributed by atoms with Crippen LogP contribution >= 0.6 is 0 Å². The van der Waals surface area contributed by atoms with Crippen LogP contribution in [0.25, 0.3) is 0 Å². The molecule has 0 bridgehead atoms. The van der Waals surface area contributed by atoms with Crippen LogP contribution < -0.4 is 0 Å². The summed E-state index contributed by atoms with van der Waals surface area (Å²) in [4.78, 5) is 16.0. The van der Waals surface area contributed by atoms with Crippen LogP contribution in [0.15, 0.2) is 24.1 Å². The standard InChI is InChI=1S/C15H14F3N3O/c16-8-2-1-3-9(17)12(8)11-6-10(18)15-19-14(20-21(11)15)13(22)7-4-5-7/h1-3,7-8,10-12H,4-6H2/t8?,10-,11-,12?/m0/s1. The summed E-state index contributed by atoms with van der Waals surface area (Å²) in [5, 5.41) is 4.06. The third-order valence-electron chi connectivity index (χ3n) is 4.50. The summed E-state index contributed by atoms with van der Waals surface area (Å²) in [7, 11) is 0. The molecule has 4 nitrogen and oxygen atoms in total. The molecule has 3 aliphatic rings. The van der Waals surface area contributed by atoms with E-state index >= 15 is 0 Å².